The van der Waals surface area contributed by atoms with E-state index in [0.717, 1.165) is 10.7 Å². The van der Waals surface area contributed by atoms with Crippen molar-refractivity contribution in [3.63, 3.8) is 0 Å². The van der Waals surface area contributed by atoms with Gasteiger partial charge in [-0.25, -0.2) is 9.50 Å². The molecule has 0 saturated heterocycles. The van der Waals surface area contributed by atoms with Gasteiger partial charge in [0.2, 0.25) is 5.95 Å². The van der Waals surface area contributed by atoms with Crippen molar-refractivity contribution >= 4 is 22.9 Å². The molecular weight excluding hydrogens is 246 g/mol. The zero-order chi connectivity index (χ0) is 12.5. The molecule has 0 aliphatic carbocycles. The number of nitrogens with one attached hydrogen (secondary N) is 1. The minimum absolute atomic E-state index is 0.112. The van der Waals surface area contributed by atoms with Crippen molar-refractivity contribution in [2.75, 3.05) is 5.32 Å². The lowest BCUT2D eigenvalue weighted by Crippen LogP contribution is -2.07. The van der Waals surface area contributed by atoms with Crippen LogP contribution in [0, 0.1) is 6.92 Å². The summed E-state index contributed by atoms with van der Waals surface area (Å²) in [6.07, 6.45) is 3.76. The molecule has 1 atom stereocenters. The lowest BCUT2D eigenvalue weighted by molar-refractivity contribution is 0.842. The Kier molecular flexibility index (Phi) is 2.71. The first-order chi connectivity index (χ1) is 8.72. The molecule has 0 aliphatic rings. The van der Waals surface area contributed by atoms with E-state index in [2.05, 4.69) is 34.2 Å². The standard InChI is InChI=1S/C12H13N5S/c1-8-7-13-11(18-8)9(2)14-12-15-10-5-3-4-6-17(10)16-12/h3-7,9H,1-2H3,(H,14,16). The van der Waals surface area contributed by atoms with Gasteiger partial charge in [0.25, 0.3) is 0 Å². The van der Waals surface area contributed by atoms with E-state index in [-0.39, 0.29) is 6.04 Å². The van der Waals surface area contributed by atoms with Gasteiger partial charge in [0.05, 0.1) is 6.04 Å². The van der Waals surface area contributed by atoms with Gasteiger partial charge in [-0.05, 0) is 26.0 Å². The first-order valence-corrected chi connectivity index (χ1v) is 6.54. The SMILES string of the molecule is Cc1cnc(C(C)Nc2nc3ccccn3n2)s1. The quantitative estimate of drug-likeness (QED) is 0.785. The number of pyridine rings is 1. The van der Waals surface area contributed by atoms with Crippen LogP contribution >= 0.6 is 11.3 Å². The van der Waals surface area contributed by atoms with E-state index in [1.54, 1.807) is 15.9 Å². The normalized spacial score (nSPS) is 12.8. The summed E-state index contributed by atoms with van der Waals surface area (Å²) in [6, 6.07) is 5.91. The molecule has 0 radical (unpaired) electrons. The molecule has 3 aromatic rings. The molecule has 0 spiro atoms. The van der Waals surface area contributed by atoms with Gasteiger partial charge in [-0.15, -0.1) is 16.4 Å². The van der Waals surface area contributed by atoms with E-state index in [9.17, 15) is 0 Å². The van der Waals surface area contributed by atoms with E-state index < -0.39 is 0 Å². The topological polar surface area (TPSA) is 55.1 Å². The van der Waals surface area contributed by atoms with Crippen LogP contribution in [0.2, 0.25) is 0 Å². The zero-order valence-corrected chi connectivity index (χ0v) is 11.0. The van der Waals surface area contributed by atoms with Crippen LogP contribution < -0.4 is 5.32 Å². The number of aryl methyl sites for hydroxylation is 1. The lowest BCUT2D eigenvalue weighted by atomic mass is 10.4. The fourth-order valence-corrected chi connectivity index (χ4v) is 2.50. The Labute approximate surface area is 109 Å². The third kappa shape index (κ3) is 2.06. The molecule has 3 heterocycles. The lowest BCUT2D eigenvalue weighted by Gasteiger charge is -2.07. The molecule has 3 rings (SSSR count). The molecule has 0 saturated carbocycles. The second kappa shape index (κ2) is 4.38. The fourth-order valence-electron chi connectivity index (χ4n) is 1.72. The first kappa shape index (κ1) is 11.2. The van der Waals surface area contributed by atoms with Crippen LogP contribution in [0.1, 0.15) is 22.9 Å². The largest absolute Gasteiger partial charge is 0.344 e. The van der Waals surface area contributed by atoms with Gasteiger partial charge in [0, 0.05) is 17.3 Å². The van der Waals surface area contributed by atoms with Gasteiger partial charge >= 0.3 is 0 Å². The second-order valence-corrected chi connectivity index (χ2v) is 5.38. The van der Waals surface area contributed by atoms with Crippen LogP contribution in [0.4, 0.5) is 5.95 Å². The number of rotatable bonds is 3. The highest BCUT2D eigenvalue weighted by molar-refractivity contribution is 7.11. The van der Waals surface area contributed by atoms with Crippen molar-refractivity contribution in [1.29, 1.82) is 0 Å². The minimum Gasteiger partial charge on any atom is -0.344 e. The number of hydrogen-bond acceptors (Lipinski definition) is 5. The van der Waals surface area contributed by atoms with Gasteiger partial charge in [0.15, 0.2) is 5.65 Å². The summed E-state index contributed by atoms with van der Waals surface area (Å²) in [5.41, 5.74) is 0.836. The van der Waals surface area contributed by atoms with E-state index in [1.807, 2.05) is 30.6 Å². The predicted molar refractivity (Wildman–Crippen MR) is 71.9 cm³/mol. The number of anilines is 1. The monoisotopic (exact) mass is 259 g/mol. The summed E-state index contributed by atoms with van der Waals surface area (Å²) in [5, 5.41) is 8.67. The van der Waals surface area contributed by atoms with Crippen molar-refractivity contribution in [3.05, 3.63) is 40.5 Å². The van der Waals surface area contributed by atoms with Gasteiger partial charge in [-0.3, -0.25) is 0 Å². The molecule has 18 heavy (non-hydrogen) atoms. The predicted octanol–water partition coefficient (Wildman–Crippen LogP) is 2.67. The Morgan fingerprint density at radius 2 is 2.28 bits per heavy atom. The number of hydrogen-bond donors (Lipinski definition) is 1. The maximum absolute atomic E-state index is 4.40. The summed E-state index contributed by atoms with van der Waals surface area (Å²) in [5.74, 6) is 0.626. The summed E-state index contributed by atoms with van der Waals surface area (Å²) in [7, 11) is 0. The van der Waals surface area contributed by atoms with Gasteiger partial charge in [-0.1, -0.05) is 6.07 Å². The molecule has 0 aromatic carbocycles. The Morgan fingerprint density at radius 1 is 1.39 bits per heavy atom. The number of thiazole rings is 1. The van der Waals surface area contributed by atoms with Gasteiger partial charge in [0.1, 0.15) is 5.01 Å². The molecule has 5 nitrogen and oxygen atoms in total. The van der Waals surface area contributed by atoms with Crippen LogP contribution in [-0.4, -0.2) is 19.6 Å². The number of aromatic nitrogens is 4. The van der Waals surface area contributed by atoms with E-state index >= 15 is 0 Å². The first-order valence-electron chi connectivity index (χ1n) is 5.72. The molecule has 3 aromatic heterocycles. The van der Waals surface area contributed by atoms with E-state index in [4.69, 9.17) is 0 Å². The Balaban J connectivity index is 1.83. The fraction of sp³-hybridized carbons (Fsp3) is 0.250. The van der Waals surface area contributed by atoms with Crippen molar-refractivity contribution in [3.8, 4) is 0 Å². The Bertz CT molecular complexity index is 639. The average molecular weight is 259 g/mol. The minimum atomic E-state index is 0.112. The molecule has 0 aliphatic heterocycles. The summed E-state index contributed by atoms with van der Waals surface area (Å²) in [6.45, 7) is 4.11. The van der Waals surface area contributed by atoms with Crippen molar-refractivity contribution in [2.45, 2.75) is 19.9 Å². The van der Waals surface area contributed by atoms with Gasteiger partial charge < -0.3 is 5.32 Å². The zero-order valence-electron chi connectivity index (χ0n) is 10.2. The smallest absolute Gasteiger partial charge is 0.243 e. The molecular formula is C12H13N5S. The van der Waals surface area contributed by atoms with Gasteiger partial charge in [-0.2, -0.15) is 4.98 Å². The molecule has 0 fully saturated rings. The molecule has 92 valence electrons. The Hall–Kier alpha value is -1.95. The molecule has 1 unspecified atom stereocenters. The molecule has 0 amide bonds. The van der Waals surface area contributed by atoms with Crippen molar-refractivity contribution in [2.24, 2.45) is 0 Å². The van der Waals surface area contributed by atoms with Crippen LogP contribution in [0.3, 0.4) is 0 Å². The summed E-state index contributed by atoms with van der Waals surface area (Å²) < 4.78 is 1.75. The summed E-state index contributed by atoms with van der Waals surface area (Å²) in [4.78, 5) is 9.97. The Morgan fingerprint density at radius 3 is 3.00 bits per heavy atom. The third-order valence-corrected chi connectivity index (χ3v) is 3.69. The number of fused-ring (bicyclic) bond motifs is 1. The van der Waals surface area contributed by atoms with Crippen molar-refractivity contribution in [1.82, 2.24) is 19.6 Å². The highest BCUT2D eigenvalue weighted by Crippen LogP contribution is 2.21. The van der Waals surface area contributed by atoms with Crippen LogP contribution in [0.25, 0.3) is 5.65 Å². The highest BCUT2D eigenvalue weighted by Gasteiger charge is 2.11. The van der Waals surface area contributed by atoms with E-state index in [0.29, 0.717) is 5.95 Å². The molecule has 6 heteroatoms. The maximum atomic E-state index is 4.40. The van der Waals surface area contributed by atoms with Crippen molar-refractivity contribution < 1.29 is 0 Å². The number of nitrogens with zero attached hydrogens (tertiary/aromatic N) is 4. The van der Waals surface area contributed by atoms with Crippen LogP contribution in [-0.2, 0) is 0 Å². The molecule has 1 N–H and O–H groups in total. The van der Waals surface area contributed by atoms with Crippen LogP contribution in [0.15, 0.2) is 30.6 Å². The highest BCUT2D eigenvalue weighted by atomic mass is 32.1. The average Bonchev–Trinajstić information content (AvgIpc) is 2.94. The molecule has 0 bridgehead atoms. The van der Waals surface area contributed by atoms with Crippen LogP contribution in [0.5, 0.6) is 0 Å². The maximum Gasteiger partial charge on any atom is 0.243 e. The third-order valence-electron chi connectivity index (χ3n) is 2.60. The summed E-state index contributed by atoms with van der Waals surface area (Å²) >= 11 is 1.69. The van der Waals surface area contributed by atoms with E-state index in [1.165, 1.54) is 4.88 Å². The second-order valence-electron chi connectivity index (χ2n) is 4.11.